The highest BCUT2D eigenvalue weighted by atomic mass is 16.5. The molecule has 0 saturated carbocycles. The van der Waals surface area contributed by atoms with Gasteiger partial charge in [-0.15, -0.1) is 0 Å². The van der Waals surface area contributed by atoms with E-state index in [0.717, 1.165) is 31.9 Å². The van der Waals surface area contributed by atoms with Crippen molar-refractivity contribution in [3.8, 4) is 0 Å². The van der Waals surface area contributed by atoms with E-state index in [1.54, 1.807) is 0 Å². The number of hydrogen-bond donors (Lipinski definition) is 1. The summed E-state index contributed by atoms with van der Waals surface area (Å²) in [7, 11) is 0. The van der Waals surface area contributed by atoms with E-state index in [-0.39, 0.29) is 0 Å². The molecule has 1 heterocycles. The van der Waals surface area contributed by atoms with Gasteiger partial charge < -0.3 is 15.0 Å². The zero-order valence-corrected chi connectivity index (χ0v) is 9.65. The minimum absolute atomic E-state index is 0.795. The van der Waals surface area contributed by atoms with Crippen molar-refractivity contribution >= 4 is 16.6 Å². The Morgan fingerprint density at radius 3 is 3.00 bits per heavy atom. The number of rotatable bonds is 5. The van der Waals surface area contributed by atoms with Crippen LogP contribution in [0, 0.1) is 0 Å². The van der Waals surface area contributed by atoms with Gasteiger partial charge in [0.15, 0.2) is 0 Å². The average molecular weight is 218 g/mol. The Kier molecular flexibility index (Phi) is 3.47. The molecular formula is C13H18N2O. The van der Waals surface area contributed by atoms with Crippen molar-refractivity contribution in [1.29, 1.82) is 0 Å². The highest BCUT2D eigenvalue weighted by molar-refractivity contribution is 5.83. The number of anilines is 1. The molecule has 0 atom stereocenters. The van der Waals surface area contributed by atoms with E-state index in [2.05, 4.69) is 22.9 Å². The van der Waals surface area contributed by atoms with Gasteiger partial charge in [0.2, 0.25) is 0 Å². The standard InChI is InChI=1S/C13H18N2O/c1-2-16-9-3-7-15-8-6-11-10-12(14)4-5-13(11)15/h4-6,8,10H,2-3,7,9,14H2,1H3. The second-order valence-corrected chi connectivity index (χ2v) is 3.88. The van der Waals surface area contributed by atoms with Gasteiger partial charge in [-0.3, -0.25) is 0 Å². The molecule has 86 valence electrons. The molecule has 0 bridgehead atoms. The van der Waals surface area contributed by atoms with Crippen molar-refractivity contribution in [3.63, 3.8) is 0 Å². The van der Waals surface area contributed by atoms with E-state index >= 15 is 0 Å². The van der Waals surface area contributed by atoms with Crippen LogP contribution in [0.2, 0.25) is 0 Å². The van der Waals surface area contributed by atoms with Crippen LogP contribution in [0.5, 0.6) is 0 Å². The molecule has 2 N–H and O–H groups in total. The smallest absolute Gasteiger partial charge is 0.0482 e. The molecule has 0 spiro atoms. The molecule has 0 fully saturated rings. The third kappa shape index (κ3) is 2.36. The molecule has 0 saturated heterocycles. The number of nitrogen functional groups attached to an aromatic ring is 1. The molecule has 16 heavy (non-hydrogen) atoms. The van der Waals surface area contributed by atoms with Crippen molar-refractivity contribution in [2.24, 2.45) is 0 Å². The third-order valence-corrected chi connectivity index (χ3v) is 2.69. The van der Waals surface area contributed by atoms with Gasteiger partial charge in [-0.25, -0.2) is 0 Å². The van der Waals surface area contributed by atoms with E-state index in [1.807, 2.05) is 19.1 Å². The first kappa shape index (κ1) is 11.0. The van der Waals surface area contributed by atoms with E-state index in [4.69, 9.17) is 10.5 Å². The number of fused-ring (bicyclic) bond motifs is 1. The number of ether oxygens (including phenoxy) is 1. The maximum atomic E-state index is 5.74. The number of nitrogens with two attached hydrogens (primary N) is 1. The number of benzene rings is 1. The van der Waals surface area contributed by atoms with Crippen molar-refractivity contribution in [1.82, 2.24) is 4.57 Å². The molecule has 0 aliphatic rings. The Labute approximate surface area is 95.8 Å². The van der Waals surface area contributed by atoms with Gasteiger partial charge in [-0.2, -0.15) is 0 Å². The summed E-state index contributed by atoms with van der Waals surface area (Å²) in [5, 5.41) is 1.21. The van der Waals surface area contributed by atoms with Crippen LogP contribution in [0.3, 0.4) is 0 Å². The number of nitrogens with zero attached hydrogens (tertiary/aromatic N) is 1. The van der Waals surface area contributed by atoms with E-state index in [0.29, 0.717) is 0 Å². The summed E-state index contributed by atoms with van der Waals surface area (Å²) >= 11 is 0. The molecule has 2 aromatic rings. The highest BCUT2D eigenvalue weighted by Crippen LogP contribution is 2.18. The third-order valence-electron chi connectivity index (χ3n) is 2.69. The van der Waals surface area contributed by atoms with Crippen LogP contribution >= 0.6 is 0 Å². The number of aromatic nitrogens is 1. The van der Waals surface area contributed by atoms with Crippen LogP contribution in [0.1, 0.15) is 13.3 Å². The van der Waals surface area contributed by atoms with E-state index in [1.165, 1.54) is 10.9 Å². The van der Waals surface area contributed by atoms with Crippen molar-refractivity contribution in [3.05, 3.63) is 30.5 Å². The SMILES string of the molecule is CCOCCCn1ccc2cc(N)ccc21. The predicted molar refractivity (Wildman–Crippen MR) is 67.5 cm³/mol. The van der Waals surface area contributed by atoms with Gasteiger partial charge in [-0.05, 0) is 37.6 Å². The summed E-state index contributed by atoms with van der Waals surface area (Å²) in [6.45, 7) is 4.63. The first-order valence-corrected chi connectivity index (χ1v) is 5.73. The molecule has 2 rings (SSSR count). The van der Waals surface area contributed by atoms with Crippen molar-refractivity contribution < 1.29 is 4.74 Å². The van der Waals surface area contributed by atoms with Gasteiger partial charge >= 0.3 is 0 Å². The van der Waals surface area contributed by atoms with Crippen molar-refractivity contribution in [2.45, 2.75) is 19.9 Å². The van der Waals surface area contributed by atoms with Gasteiger partial charge in [0.1, 0.15) is 0 Å². The minimum Gasteiger partial charge on any atom is -0.399 e. The Morgan fingerprint density at radius 2 is 2.19 bits per heavy atom. The van der Waals surface area contributed by atoms with E-state index in [9.17, 15) is 0 Å². The van der Waals surface area contributed by atoms with Crippen LogP contribution in [-0.4, -0.2) is 17.8 Å². The summed E-state index contributed by atoms with van der Waals surface area (Å²) in [6, 6.07) is 8.13. The fraction of sp³-hybridized carbons (Fsp3) is 0.385. The first-order chi connectivity index (χ1) is 7.81. The lowest BCUT2D eigenvalue weighted by atomic mass is 10.2. The summed E-state index contributed by atoms with van der Waals surface area (Å²) in [5.74, 6) is 0. The topological polar surface area (TPSA) is 40.2 Å². The van der Waals surface area contributed by atoms with Gasteiger partial charge in [0.25, 0.3) is 0 Å². The van der Waals surface area contributed by atoms with Gasteiger partial charge in [-0.1, -0.05) is 0 Å². The number of aryl methyl sites for hydroxylation is 1. The molecule has 0 aliphatic heterocycles. The number of hydrogen-bond acceptors (Lipinski definition) is 2. The second-order valence-electron chi connectivity index (χ2n) is 3.88. The molecule has 3 nitrogen and oxygen atoms in total. The summed E-state index contributed by atoms with van der Waals surface area (Å²) in [5.41, 5.74) is 7.80. The lowest BCUT2D eigenvalue weighted by Gasteiger charge is -2.05. The first-order valence-electron chi connectivity index (χ1n) is 5.73. The van der Waals surface area contributed by atoms with Crippen LogP contribution < -0.4 is 5.73 Å². The zero-order valence-electron chi connectivity index (χ0n) is 9.65. The summed E-state index contributed by atoms with van der Waals surface area (Å²) in [6.07, 6.45) is 3.15. The van der Waals surface area contributed by atoms with Crippen LogP contribution in [0.25, 0.3) is 10.9 Å². The van der Waals surface area contributed by atoms with Crippen LogP contribution in [0.15, 0.2) is 30.5 Å². The van der Waals surface area contributed by atoms with Gasteiger partial charge in [0, 0.05) is 42.5 Å². The second kappa shape index (κ2) is 5.03. The average Bonchev–Trinajstić information content (AvgIpc) is 2.67. The molecule has 3 heteroatoms. The molecule has 0 unspecified atom stereocenters. The Balaban J connectivity index is 2.07. The minimum atomic E-state index is 0.795. The molecule has 0 aliphatic carbocycles. The molecular weight excluding hydrogens is 200 g/mol. The van der Waals surface area contributed by atoms with E-state index < -0.39 is 0 Å². The normalized spacial score (nSPS) is 11.1. The highest BCUT2D eigenvalue weighted by Gasteiger charge is 2.00. The summed E-state index contributed by atoms with van der Waals surface area (Å²) in [4.78, 5) is 0. The molecule has 1 aromatic carbocycles. The fourth-order valence-corrected chi connectivity index (χ4v) is 1.89. The largest absolute Gasteiger partial charge is 0.399 e. The molecule has 0 amide bonds. The molecule has 0 radical (unpaired) electrons. The van der Waals surface area contributed by atoms with Crippen LogP contribution in [0.4, 0.5) is 5.69 Å². The maximum absolute atomic E-state index is 5.74. The zero-order chi connectivity index (χ0) is 11.4. The summed E-state index contributed by atoms with van der Waals surface area (Å²) < 4.78 is 7.57. The van der Waals surface area contributed by atoms with Crippen LogP contribution in [-0.2, 0) is 11.3 Å². The Bertz CT molecular complexity index is 462. The predicted octanol–water partition coefficient (Wildman–Crippen LogP) is 2.65. The Hall–Kier alpha value is -1.48. The monoisotopic (exact) mass is 218 g/mol. The van der Waals surface area contributed by atoms with Crippen molar-refractivity contribution in [2.75, 3.05) is 18.9 Å². The van der Waals surface area contributed by atoms with Gasteiger partial charge in [0.05, 0.1) is 0 Å². The quantitative estimate of drug-likeness (QED) is 0.619. The molecule has 1 aromatic heterocycles. The lowest BCUT2D eigenvalue weighted by Crippen LogP contribution is -2.01. The Morgan fingerprint density at radius 1 is 1.31 bits per heavy atom. The maximum Gasteiger partial charge on any atom is 0.0482 e. The fourth-order valence-electron chi connectivity index (χ4n) is 1.89. The lowest BCUT2D eigenvalue weighted by molar-refractivity contribution is 0.142.